The molecule has 1 saturated carbocycles. The number of rotatable bonds is 7. The summed E-state index contributed by atoms with van der Waals surface area (Å²) in [4.78, 5) is 27.2. The minimum atomic E-state index is -4.58. The number of benzene rings is 1. The summed E-state index contributed by atoms with van der Waals surface area (Å²) in [6.07, 6.45) is -0.187. The number of carbonyl (C=O) groups is 2. The van der Waals surface area contributed by atoms with Crippen LogP contribution < -0.4 is 21.3 Å². The van der Waals surface area contributed by atoms with E-state index in [-0.39, 0.29) is 36.0 Å². The van der Waals surface area contributed by atoms with Crippen molar-refractivity contribution in [3.8, 4) is 0 Å². The van der Waals surface area contributed by atoms with Crippen LogP contribution in [-0.2, 0) is 15.7 Å². The molecule has 7 nitrogen and oxygen atoms in total. The lowest BCUT2D eigenvalue weighted by Gasteiger charge is -2.35. The molecule has 1 aliphatic heterocycles. The highest BCUT2D eigenvalue weighted by molar-refractivity contribution is 6.01. The minimum Gasteiger partial charge on any atom is -0.378 e. The molecule has 0 bridgehead atoms. The van der Waals surface area contributed by atoms with E-state index in [1.54, 1.807) is 0 Å². The van der Waals surface area contributed by atoms with Crippen molar-refractivity contribution in [2.24, 2.45) is 11.7 Å². The minimum absolute atomic E-state index is 0.00776. The summed E-state index contributed by atoms with van der Waals surface area (Å²) in [7, 11) is 0. The number of hydrogen-bond acceptors (Lipinski definition) is 5. The van der Waals surface area contributed by atoms with Crippen LogP contribution in [0.2, 0.25) is 0 Å². The summed E-state index contributed by atoms with van der Waals surface area (Å²) in [6.45, 7) is 3.56. The first kappa shape index (κ1) is 25.3. The van der Waals surface area contributed by atoms with Gasteiger partial charge in [0.05, 0.1) is 30.9 Å². The second-order valence-corrected chi connectivity index (χ2v) is 8.81. The van der Waals surface area contributed by atoms with Gasteiger partial charge in [-0.1, -0.05) is 13.3 Å². The molecule has 0 aromatic heterocycles. The number of alkyl halides is 3. The Morgan fingerprint density at radius 3 is 2.61 bits per heavy atom. The summed E-state index contributed by atoms with van der Waals surface area (Å²) in [5.41, 5.74) is 5.45. The molecule has 10 heteroatoms. The third-order valence-corrected chi connectivity index (χ3v) is 6.36. The third kappa shape index (κ3) is 6.83. The number of amides is 2. The van der Waals surface area contributed by atoms with Crippen molar-refractivity contribution >= 4 is 17.5 Å². The highest BCUT2D eigenvalue weighted by Crippen LogP contribution is 2.33. The number of carbonyl (C=O) groups excluding carboxylic acids is 2. The average Bonchev–Trinajstić information content (AvgIpc) is 2.79. The fourth-order valence-corrected chi connectivity index (χ4v) is 4.67. The van der Waals surface area contributed by atoms with Gasteiger partial charge < -0.3 is 26.0 Å². The summed E-state index contributed by atoms with van der Waals surface area (Å²) >= 11 is 0. The molecule has 3 atom stereocenters. The van der Waals surface area contributed by atoms with Gasteiger partial charge in [0.15, 0.2) is 0 Å². The highest BCUT2D eigenvalue weighted by atomic mass is 19.4. The summed E-state index contributed by atoms with van der Waals surface area (Å²) in [6, 6.07) is 3.25. The summed E-state index contributed by atoms with van der Waals surface area (Å²) in [5.74, 6) is -0.784. The van der Waals surface area contributed by atoms with Crippen LogP contribution in [0.3, 0.4) is 0 Å². The highest BCUT2D eigenvalue weighted by Gasteiger charge is 2.33. The van der Waals surface area contributed by atoms with Gasteiger partial charge in [0.1, 0.15) is 0 Å². The molecule has 2 amide bonds. The molecule has 0 radical (unpaired) electrons. The van der Waals surface area contributed by atoms with Crippen molar-refractivity contribution < 1.29 is 27.5 Å². The molecule has 2 aliphatic rings. The van der Waals surface area contributed by atoms with E-state index in [2.05, 4.69) is 17.6 Å². The molecule has 1 aromatic carbocycles. The molecule has 184 valence electrons. The van der Waals surface area contributed by atoms with Gasteiger partial charge >= 0.3 is 6.18 Å². The Balaban J connectivity index is 1.67. The van der Waals surface area contributed by atoms with E-state index < -0.39 is 17.6 Å². The Morgan fingerprint density at radius 2 is 1.94 bits per heavy atom. The summed E-state index contributed by atoms with van der Waals surface area (Å²) < 4.78 is 45.1. The van der Waals surface area contributed by atoms with E-state index in [1.807, 2.05) is 4.90 Å². The standard InChI is InChI=1S/C23H33F3N4O3/c1-2-3-15-12-17(27)5-6-19(15)29-21(31)14-28-22(32)18-13-16(23(24,25)26)4-7-20(18)30-8-10-33-11-9-30/h4,7,13,15,17,19H,2-3,5-6,8-12,14,27H2,1H3,(H,28,32)(H,29,31)/t15-,17-,19+/m1/s1. The molecule has 0 spiro atoms. The van der Waals surface area contributed by atoms with Gasteiger partial charge in [0.2, 0.25) is 5.91 Å². The van der Waals surface area contributed by atoms with E-state index in [0.29, 0.717) is 32.0 Å². The number of halogens is 3. The van der Waals surface area contributed by atoms with Crippen LogP contribution >= 0.6 is 0 Å². The Hall–Kier alpha value is -2.33. The number of hydrogen-bond donors (Lipinski definition) is 3. The molecule has 1 aliphatic carbocycles. The van der Waals surface area contributed by atoms with Crippen LogP contribution in [-0.4, -0.2) is 56.7 Å². The third-order valence-electron chi connectivity index (χ3n) is 6.36. The maximum absolute atomic E-state index is 13.3. The first-order valence-electron chi connectivity index (χ1n) is 11.6. The van der Waals surface area contributed by atoms with Crippen LogP contribution in [0.15, 0.2) is 18.2 Å². The molecule has 1 saturated heterocycles. The molecule has 3 rings (SSSR count). The van der Waals surface area contributed by atoms with Gasteiger partial charge in [-0.3, -0.25) is 9.59 Å². The number of anilines is 1. The van der Waals surface area contributed by atoms with E-state index in [0.717, 1.165) is 44.2 Å². The van der Waals surface area contributed by atoms with Gasteiger partial charge in [-0.05, 0) is 49.8 Å². The molecule has 0 unspecified atom stereocenters. The smallest absolute Gasteiger partial charge is 0.378 e. The Bertz CT molecular complexity index is 828. The van der Waals surface area contributed by atoms with Crippen LogP contribution in [0.4, 0.5) is 18.9 Å². The van der Waals surface area contributed by atoms with Crippen molar-refractivity contribution in [3.05, 3.63) is 29.3 Å². The van der Waals surface area contributed by atoms with Gasteiger partial charge in [-0.25, -0.2) is 0 Å². The Morgan fingerprint density at radius 1 is 1.21 bits per heavy atom. The van der Waals surface area contributed by atoms with E-state index in [1.165, 1.54) is 6.07 Å². The van der Waals surface area contributed by atoms with Gasteiger partial charge in [-0.2, -0.15) is 13.2 Å². The second-order valence-electron chi connectivity index (χ2n) is 8.81. The largest absolute Gasteiger partial charge is 0.416 e. The van der Waals surface area contributed by atoms with Crippen LogP contribution in [0, 0.1) is 5.92 Å². The normalized spacial score (nSPS) is 23.8. The number of nitrogens with one attached hydrogen (secondary N) is 2. The average molecular weight is 471 g/mol. The van der Waals surface area contributed by atoms with E-state index in [4.69, 9.17) is 10.5 Å². The Kier molecular flexibility index (Phi) is 8.58. The fraction of sp³-hybridized carbons (Fsp3) is 0.652. The lowest BCUT2D eigenvalue weighted by atomic mass is 9.79. The molecular formula is C23H33F3N4O3. The number of ether oxygens (including phenoxy) is 1. The zero-order chi connectivity index (χ0) is 24.0. The lowest BCUT2D eigenvalue weighted by Crippen LogP contribution is -2.49. The van der Waals surface area contributed by atoms with Crippen molar-refractivity contribution in [2.45, 2.75) is 57.3 Å². The van der Waals surface area contributed by atoms with Crippen LogP contribution in [0.5, 0.6) is 0 Å². The van der Waals surface area contributed by atoms with Crippen LogP contribution in [0.25, 0.3) is 0 Å². The van der Waals surface area contributed by atoms with Gasteiger partial charge in [0.25, 0.3) is 5.91 Å². The monoisotopic (exact) mass is 470 g/mol. The molecule has 2 fully saturated rings. The zero-order valence-electron chi connectivity index (χ0n) is 18.9. The number of morpholine rings is 1. The number of nitrogens with two attached hydrogens (primary N) is 1. The maximum Gasteiger partial charge on any atom is 0.416 e. The first-order valence-corrected chi connectivity index (χ1v) is 11.6. The molecule has 1 heterocycles. The van der Waals surface area contributed by atoms with Crippen molar-refractivity contribution in [3.63, 3.8) is 0 Å². The summed E-state index contributed by atoms with van der Waals surface area (Å²) in [5, 5.41) is 5.48. The van der Waals surface area contributed by atoms with Crippen molar-refractivity contribution in [2.75, 3.05) is 37.7 Å². The SMILES string of the molecule is CCC[C@@H]1C[C@H](N)CC[C@@H]1NC(=O)CNC(=O)c1cc(C(F)(F)F)ccc1N1CCOCC1. The number of nitrogens with zero attached hydrogens (tertiary/aromatic N) is 1. The second kappa shape index (κ2) is 11.2. The lowest BCUT2D eigenvalue weighted by molar-refractivity contribution is -0.137. The fourth-order valence-electron chi connectivity index (χ4n) is 4.67. The van der Waals surface area contributed by atoms with Crippen LogP contribution in [0.1, 0.15) is 54.9 Å². The van der Waals surface area contributed by atoms with Crippen molar-refractivity contribution in [1.82, 2.24) is 10.6 Å². The molecular weight excluding hydrogens is 437 g/mol. The van der Waals surface area contributed by atoms with Crippen molar-refractivity contribution in [1.29, 1.82) is 0 Å². The predicted molar refractivity (Wildman–Crippen MR) is 119 cm³/mol. The maximum atomic E-state index is 13.3. The molecule has 4 N–H and O–H groups in total. The van der Waals surface area contributed by atoms with E-state index in [9.17, 15) is 22.8 Å². The quantitative estimate of drug-likeness (QED) is 0.570. The first-order chi connectivity index (χ1) is 15.7. The topological polar surface area (TPSA) is 96.7 Å². The van der Waals surface area contributed by atoms with Gasteiger partial charge in [-0.15, -0.1) is 0 Å². The molecule has 33 heavy (non-hydrogen) atoms. The Labute approximate surface area is 192 Å². The predicted octanol–water partition coefficient (Wildman–Crippen LogP) is 2.68. The zero-order valence-corrected chi connectivity index (χ0v) is 18.9. The van der Waals surface area contributed by atoms with Gasteiger partial charge in [0, 0.05) is 30.9 Å². The van der Waals surface area contributed by atoms with E-state index >= 15 is 0 Å². The molecule has 1 aromatic rings.